The highest BCUT2D eigenvalue weighted by atomic mass is 32.2. The van der Waals surface area contributed by atoms with E-state index in [2.05, 4.69) is 10.6 Å². The smallest absolute Gasteiger partial charge is 0.306 e. The number of para-hydroxylation sites is 1. The van der Waals surface area contributed by atoms with E-state index >= 15 is 0 Å². The fraction of sp³-hybridized carbons (Fsp3) is 0.471. The molecule has 1 aromatic rings. The molecule has 3 N–H and O–H groups in total. The highest BCUT2D eigenvalue weighted by molar-refractivity contribution is 8.01. The van der Waals surface area contributed by atoms with Gasteiger partial charge in [0.2, 0.25) is 11.8 Å². The van der Waals surface area contributed by atoms with Crippen LogP contribution in [0.4, 0.5) is 5.69 Å². The zero-order valence-corrected chi connectivity index (χ0v) is 14.0. The van der Waals surface area contributed by atoms with Crippen molar-refractivity contribution >= 4 is 35.2 Å². The van der Waals surface area contributed by atoms with E-state index in [9.17, 15) is 14.4 Å². The minimum atomic E-state index is -0.756. The van der Waals surface area contributed by atoms with Crippen molar-refractivity contribution in [3.63, 3.8) is 0 Å². The first kappa shape index (κ1) is 16.8. The number of hydrogen-bond donors (Lipinski definition) is 3. The van der Waals surface area contributed by atoms with Crippen LogP contribution in [0.2, 0.25) is 0 Å². The first-order chi connectivity index (χ1) is 11.5. The Balaban J connectivity index is 1.51. The number of thioether (sulfide) groups is 1. The summed E-state index contributed by atoms with van der Waals surface area (Å²) < 4.78 is 0. The molecule has 1 fully saturated rings. The summed E-state index contributed by atoms with van der Waals surface area (Å²) in [6, 6.07) is 7.55. The molecular formula is C17H20N2O4S. The molecule has 0 spiro atoms. The van der Waals surface area contributed by atoms with E-state index in [1.54, 1.807) is 0 Å². The summed E-state index contributed by atoms with van der Waals surface area (Å²) in [5.74, 6) is -1.35. The molecule has 2 aliphatic rings. The van der Waals surface area contributed by atoms with Crippen molar-refractivity contribution in [1.82, 2.24) is 5.32 Å². The quantitative estimate of drug-likeness (QED) is 0.776. The lowest BCUT2D eigenvalue weighted by Gasteiger charge is -2.28. The van der Waals surface area contributed by atoms with Crippen LogP contribution < -0.4 is 10.6 Å². The van der Waals surface area contributed by atoms with Crippen LogP contribution in [-0.2, 0) is 14.4 Å². The van der Waals surface area contributed by atoms with E-state index in [0.29, 0.717) is 25.7 Å². The largest absolute Gasteiger partial charge is 0.481 e. The molecule has 1 saturated carbocycles. The predicted molar refractivity (Wildman–Crippen MR) is 90.9 cm³/mol. The molecule has 1 atom stereocenters. The summed E-state index contributed by atoms with van der Waals surface area (Å²) in [6.45, 7) is 0. The number of rotatable bonds is 4. The molecule has 24 heavy (non-hydrogen) atoms. The molecule has 2 amide bonds. The maximum atomic E-state index is 12.2. The minimum Gasteiger partial charge on any atom is -0.481 e. The number of fused-ring (bicyclic) bond motifs is 1. The molecule has 3 rings (SSSR count). The van der Waals surface area contributed by atoms with Crippen molar-refractivity contribution in [2.24, 2.45) is 5.92 Å². The van der Waals surface area contributed by atoms with Gasteiger partial charge >= 0.3 is 5.97 Å². The van der Waals surface area contributed by atoms with Crippen LogP contribution >= 0.6 is 11.8 Å². The average molecular weight is 348 g/mol. The van der Waals surface area contributed by atoms with E-state index < -0.39 is 11.2 Å². The van der Waals surface area contributed by atoms with Crippen molar-refractivity contribution in [2.75, 3.05) is 5.32 Å². The van der Waals surface area contributed by atoms with Gasteiger partial charge in [0.25, 0.3) is 0 Å². The molecule has 1 heterocycles. The SMILES string of the molecule is O=C(C[C@@H]1Sc2ccccc2NC1=O)NC1CCC(C(=O)O)CC1. The van der Waals surface area contributed by atoms with Gasteiger partial charge in [-0.15, -0.1) is 11.8 Å². The number of carbonyl (C=O) groups excluding carboxylic acids is 2. The lowest BCUT2D eigenvalue weighted by molar-refractivity contribution is -0.142. The maximum absolute atomic E-state index is 12.2. The van der Waals surface area contributed by atoms with Gasteiger partial charge in [-0.25, -0.2) is 0 Å². The Morgan fingerprint density at radius 2 is 1.92 bits per heavy atom. The third-order valence-electron chi connectivity index (χ3n) is 4.52. The first-order valence-electron chi connectivity index (χ1n) is 8.11. The second-order valence-corrected chi connectivity index (χ2v) is 7.49. The fourth-order valence-corrected chi connectivity index (χ4v) is 4.28. The number of carboxylic acid groups (broad SMARTS) is 1. The summed E-state index contributed by atoms with van der Waals surface area (Å²) in [4.78, 5) is 36.3. The van der Waals surface area contributed by atoms with Gasteiger partial charge in [-0.1, -0.05) is 12.1 Å². The molecular weight excluding hydrogens is 328 g/mol. The van der Waals surface area contributed by atoms with Crippen LogP contribution in [0.3, 0.4) is 0 Å². The molecule has 0 saturated heterocycles. The highest BCUT2D eigenvalue weighted by Gasteiger charge is 2.31. The van der Waals surface area contributed by atoms with E-state index in [1.165, 1.54) is 11.8 Å². The molecule has 7 heteroatoms. The summed E-state index contributed by atoms with van der Waals surface area (Å²) in [7, 11) is 0. The van der Waals surface area contributed by atoms with Crippen LogP contribution in [0, 0.1) is 5.92 Å². The number of amides is 2. The molecule has 1 aliphatic heterocycles. The monoisotopic (exact) mass is 348 g/mol. The topological polar surface area (TPSA) is 95.5 Å². The molecule has 0 bridgehead atoms. The van der Waals surface area contributed by atoms with Crippen molar-refractivity contribution < 1.29 is 19.5 Å². The van der Waals surface area contributed by atoms with Crippen molar-refractivity contribution in [3.05, 3.63) is 24.3 Å². The highest BCUT2D eigenvalue weighted by Crippen LogP contribution is 2.36. The van der Waals surface area contributed by atoms with Gasteiger partial charge in [-0.2, -0.15) is 0 Å². The second kappa shape index (κ2) is 7.25. The summed E-state index contributed by atoms with van der Waals surface area (Å²) >= 11 is 1.41. The lowest BCUT2D eigenvalue weighted by atomic mass is 9.86. The van der Waals surface area contributed by atoms with Crippen LogP contribution in [-0.4, -0.2) is 34.2 Å². The molecule has 1 aliphatic carbocycles. The first-order valence-corrected chi connectivity index (χ1v) is 8.99. The van der Waals surface area contributed by atoms with Gasteiger partial charge < -0.3 is 15.7 Å². The number of benzene rings is 1. The molecule has 0 radical (unpaired) electrons. The standard InChI is InChI=1S/C17H20N2O4S/c20-15(18-11-7-5-10(6-8-11)17(22)23)9-14-16(21)19-12-3-1-2-4-13(12)24-14/h1-4,10-11,14H,5-9H2,(H,18,20)(H,19,21)(H,22,23)/t10?,11?,14-/m0/s1. The number of anilines is 1. The van der Waals surface area contributed by atoms with E-state index in [-0.39, 0.29) is 30.2 Å². The number of aliphatic carboxylic acids is 1. The molecule has 0 aromatic heterocycles. The average Bonchev–Trinajstić information content (AvgIpc) is 2.56. The minimum absolute atomic E-state index is 0.0111. The van der Waals surface area contributed by atoms with E-state index in [0.717, 1.165) is 10.6 Å². The Morgan fingerprint density at radius 1 is 1.21 bits per heavy atom. The third-order valence-corrected chi connectivity index (χ3v) is 5.79. The van der Waals surface area contributed by atoms with Gasteiger partial charge in [0, 0.05) is 17.4 Å². The molecule has 0 unspecified atom stereocenters. The van der Waals surface area contributed by atoms with Crippen LogP contribution in [0.1, 0.15) is 32.1 Å². The normalized spacial score (nSPS) is 26.2. The fourth-order valence-electron chi connectivity index (χ4n) is 3.17. The van der Waals surface area contributed by atoms with Gasteiger partial charge in [0.15, 0.2) is 0 Å². The van der Waals surface area contributed by atoms with Gasteiger partial charge in [0.1, 0.15) is 0 Å². The lowest BCUT2D eigenvalue weighted by Crippen LogP contribution is -2.41. The second-order valence-electron chi connectivity index (χ2n) is 6.25. The number of carboxylic acids is 1. The molecule has 1 aromatic carbocycles. The number of carbonyl (C=O) groups is 3. The van der Waals surface area contributed by atoms with Crippen molar-refractivity contribution in [1.29, 1.82) is 0 Å². The van der Waals surface area contributed by atoms with Crippen LogP contribution in [0.15, 0.2) is 29.2 Å². The molecule has 128 valence electrons. The van der Waals surface area contributed by atoms with E-state index in [4.69, 9.17) is 5.11 Å². The molecule has 6 nitrogen and oxygen atoms in total. The summed E-state index contributed by atoms with van der Waals surface area (Å²) in [5.41, 5.74) is 0.788. The Morgan fingerprint density at radius 3 is 2.62 bits per heavy atom. The van der Waals surface area contributed by atoms with Gasteiger partial charge in [-0.3, -0.25) is 14.4 Å². The van der Waals surface area contributed by atoms with Gasteiger partial charge in [-0.05, 0) is 37.8 Å². The number of nitrogens with one attached hydrogen (secondary N) is 2. The Bertz CT molecular complexity index is 656. The summed E-state index contributed by atoms with van der Waals surface area (Å²) in [5, 5.41) is 14.3. The Kier molecular flexibility index (Phi) is 5.08. The predicted octanol–water partition coefficient (Wildman–Crippen LogP) is 2.25. The van der Waals surface area contributed by atoms with Crippen molar-refractivity contribution in [2.45, 2.75) is 48.3 Å². The van der Waals surface area contributed by atoms with E-state index in [1.807, 2.05) is 24.3 Å². The maximum Gasteiger partial charge on any atom is 0.306 e. The third kappa shape index (κ3) is 3.90. The number of hydrogen-bond acceptors (Lipinski definition) is 4. The van der Waals surface area contributed by atoms with Crippen molar-refractivity contribution in [3.8, 4) is 0 Å². The zero-order chi connectivity index (χ0) is 17.1. The summed E-state index contributed by atoms with van der Waals surface area (Å²) in [6.07, 6.45) is 2.66. The van der Waals surface area contributed by atoms with Crippen LogP contribution in [0.25, 0.3) is 0 Å². The van der Waals surface area contributed by atoms with Crippen LogP contribution in [0.5, 0.6) is 0 Å². The Hall–Kier alpha value is -2.02. The van der Waals surface area contributed by atoms with Gasteiger partial charge in [0.05, 0.1) is 16.9 Å². The Labute approximate surface area is 144 Å². The zero-order valence-electron chi connectivity index (χ0n) is 13.2.